The number of amides is 1. The summed E-state index contributed by atoms with van der Waals surface area (Å²) >= 11 is 0. The molecule has 8 heteroatoms. The van der Waals surface area contributed by atoms with Gasteiger partial charge in [-0.3, -0.25) is 4.57 Å². The normalized spacial score (nSPS) is 13.8. The number of rotatable bonds is 3. The molecule has 1 fully saturated rings. The number of carbonyl (C=O) groups is 1. The molecule has 3 heterocycles. The lowest BCUT2D eigenvalue weighted by Gasteiger charge is -2.30. The maximum Gasteiger partial charge on any atom is 0.338 e. The third-order valence-electron chi connectivity index (χ3n) is 4.74. The fourth-order valence-corrected chi connectivity index (χ4v) is 3.04. The summed E-state index contributed by atoms with van der Waals surface area (Å²) in [6.45, 7) is 1.29. The van der Waals surface area contributed by atoms with Crippen molar-refractivity contribution in [3.63, 3.8) is 0 Å². The molecule has 0 N–H and O–H groups in total. The average molecular weight is 355 g/mol. The Morgan fingerprint density at radius 1 is 1.23 bits per heavy atom. The number of hydrogen-bond donors (Lipinski definition) is 0. The first-order valence-electron chi connectivity index (χ1n) is 8.52. The predicted octanol–water partition coefficient (Wildman–Crippen LogP) is 1.73. The van der Waals surface area contributed by atoms with E-state index in [0.29, 0.717) is 48.5 Å². The fraction of sp³-hybridized carbons (Fsp3) is 0.333. The van der Waals surface area contributed by atoms with Crippen molar-refractivity contribution in [2.24, 2.45) is 7.05 Å². The van der Waals surface area contributed by atoms with Crippen LogP contribution in [0.25, 0.3) is 11.2 Å². The van der Waals surface area contributed by atoms with E-state index in [1.807, 2.05) is 0 Å². The van der Waals surface area contributed by atoms with Crippen molar-refractivity contribution in [1.29, 1.82) is 0 Å². The molecule has 0 atom stereocenters. The zero-order valence-corrected chi connectivity index (χ0v) is 14.4. The first kappa shape index (κ1) is 16.4. The lowest BCUT2D eigenvalue weighted by molar-refractivity contribution is 0.169. The molecule has 1 aliphatic rings. The molecule has 1 aromatic carbocycles. The molecule has 134 valence electrons. The summed E-state index contributed by atoms with van der Waals surface area (Å²) in [7, 11) is 1.59. The van der Waals surface area contributed by atoms with Crippen LogP contribution in [0, 0.1) is 5.82 Å². The van der Waals surface area contributed by atoms with E-state index in [1.54, 1.807) is 36.3 Å². The van der Waals surface area contributed by atoms with E-state index in [9.17, 15) is 14.0 Å². The van der Waals surface area contributed by atoms with Crippen molar-refractivity contribution in [2.75, 3.05) is 13.1 Å². The highest BCUT2D eigenvalue weighted by Crippen LogP contribution is 2.15. The minimum absolute atomic E-state index is 0.266. The second kappa shape index (κ2) is 6.36. The number of hydrogen-bond acceptors (Lipinski definition) is 4. The van der Waals surface area contributed by atoms with Crippen LogP contribution in [0.1, 0.15) is 17.8 Å². The van der Waals surface area contributed by atoms with E-state index < -0.39 is 5.69 Å². The molecule has 2 aromatic heterocycles. The Hall–Kier alpha value is -3.03. The summed E-state index contributed by atoms with van der Waals surface area (Å²) in [4.78, 5) is 35.4. The van der Waals surface area contributed by atoms with Gasteiger partial charge < -0.3 is 4.90 Å². The third kappa shape index (κ3) is 2.67. The van der Waals surface area contributed by atoms with Crippen molar-refractivity contribution in [3.05, 3.63) is 58.2 Å². The van der Waals surface area contributed by atoms with Gasteiger partial charge in [0.15, 0.2) is 5.65 Å². The standard InChI is InChI=1S/C18H18FN5O2/c1-22-14-11-20-15(8-7-12-5-2-3-6-13(12)19)21-16(14)24(17(22)25)18(26)23-9-4-10-23/h2-3,5-6,11H,4,7-10H2,1H3. The Kier molecular flexibility index (Phi) is 4.02. The minimum Gasteiger partial charge on any atom is -0.324 e. The summed E-state index contributed by atoms with van der Waals surface area (Å²) in [5, 5.41) is 0. The van der Waals surface area contributed by atoms with E-state index in [4.69, 9.17) is 0 Å². The minimum atomic E-state index is -0.433. The Bertz CT molecular complexity index is 1050. The van der Waals surface area contributed by atoms with Crippen LogP contribution in [-0.2, 0) is 19.9 Å². The Morgan fingerprint density at radius 3 is 2.69 bits per heavy atom. The van der Waals surface area contributed by atoms with E-state index in [2.05, 4.69) is 9.97 Å². The number of nitrogens with zero attached hydrogens (tertiary/aromatic N) is 5. The lowest BCUT2D eigenvalue weighted by atomic mass is 10.1. The molecule has 1 aliphatic heterocycles. The Labute approximate surface area is 148 Å². The smallest absolute Gasteiger partial charge is 0.324 e. The number of halogens is 1. The fourth-order valence-electron chi connectivity index (χ4n) is 3.04. The Morgan fingerprint density at radius 2 is 2.00 bits per heavy atom. The molecule has 0 spiro atoms. The highest BCUT2D eigenvalue weighted by molar-refractivity contribution is 5.87. The van der Waals surface area contributed by atoms with E-state index >= 15 is 0 Å². The molecule has 0 radical (unpaired) electrons. The molecule has 4 rings (SSSR count). The Balaban J connectivity index is 1.68. The number of fused-ring (bicyclic) bond motifs is 1. The summed E-state index contributed by atoms with van der Waals surface area (Å²) < 4.78 is 16.2. The van der Waals surface area contributed by atoms with Crippen molar-refractivity contribution in [1.82, 2.24) is 24.0 Å². The summed E-state index contributed by atoms with van der Waals surface area (Å²) in [6, 6.07) is 6.21. The first-order valence-corrected chi connectivity index (χ1v) is 8.52. The van der Waals surface area contributed by atoms with Crippen LogP contribution in [0.3, 0.4) is 0 Å². The number of carbonyl (C=O) groups excluding carboxylic acids is 1. The van der Waals surface area contributed by atoms with E-state index in [0.717, 1.165) is 11.0 Å². The number of benzene rings is 1. The van der Waals surface area contributed by atoms with Gasteiger partial charge in [-0.2, -0.15) is 4.57 Å². The highest BCUT2D eigenvalue weighted by atomic mass is 19.1. The second-order valence-corrected chi connectivity index (χ2v) is 6.39. The quantitative estimate of drug-likeness (QED) is 0.717. The van der Waals surface area contributed by atoms with Gasteiger partial charge in [-0.05, 0) is 24.5 Å². The molecule has 0 unspecified atom stereocenters. The van der Waals surface area contributed by atoms with Crippen molar-refractivity contribution in [3.8, 4) is 0 Å². The van der Waals surface area contributed by atoms with Gasteiger partial charge in [0.25, 0.3) is 0 Å². The second-order valence-electron chi connectivity index (χ2n) is 6.39. The predicted molar refractivity (Wildman–Crippen MR) is 93.6 cm³/mol. The SMILES string of the molecule is Cn1c(=O)n(C(=O)N2CCC2)c2nc(CCc3ccccc3F)ncc21. The molecule has 3 aromatic rings. The third-order valence-corrected chi connectivity index (χ3v) is 4.74. The molecule has 26 heavy (non-hydrogen) atoms. The van der Waals surface area contributed by atoms with Crippen LogP contribution in [-0.4, -0.2) is 43.1 Å². The van der Waals surface area contributed by atoms with E-state index in [-0.39, 0.29) is 11.8 Å². The van der Waals surface area contributed by atoms with Gasteiger partial charge in [0.2, 0.25) is 0 Å². The maximum atomic E-state index is 13.8. The van der Waals surface area contributed by atoms with Gasteiger partial charge in [-0.1, -0.05) is 18.2 Å². The van der Waals surface area contributed by atoms with Gasteiger partial charge >= 0.3 is 11.7 Å². The largest absolute Gasteiger partial charge is 0.338 e. The summed E-state index contributed by atoms with van der Waals surface area (Å²) in [5.41, 5.74) is 0.946. The summed E-state index contributed by atoms with van der Waals surface area (Å²) in [5.74, 6) is 0.203. The molecule has 0 saturated carbocycles. The molecule has 7 nitrogen and oxygen atoms in total. The average Bonchev–Trinajstić information content (AvgIpc) is 2.83. The molecule has 0 bridgehead atoms. The highest BCUT2D eigenvalue weighted by Gasteiger charge is 2.27. The van der Waals surface area contributed by atoms with Crippen LogP contribution in [0.5, 0.6) is 0 Å². The topological polar surface area (TPSA) is 73.0 Å². The van der Waals surface area contributed by atoms with Crippen LogP contribution < -0.4 is 5.69 Å². The molecule has 1 amide bonds. The maximum absolute atomic E-state index is 13.8. The van der Waals surface area contributed by atoms with Crippen LogP contribution in [0.2, 0.25) is 0 Å². The van der Waals surface area contributed by atoms with Crippen molar-refractivity contribution >= 4 is 17.2 Å². The monoisotopic (exact) mass is 355 g/mol. The summed E-state index contributed by atoms with van der Waals surface area (Å²) in [6.07, 6.45) is 3.33. The van der Waals surface area contributed by atoms with E-state index in [1.165, 1.54) is 10.6 Å². The lowest BCUT2D eigenvalue weighted by Crippen LogP contribution is -2.47. The van der Waals surface area contributed by atoms with Crippen molar-refractivity contribution in [2.45, 2.75) is 19.3 Å². The van der Waals surface area contributed by atoms with Crippen LogP contribution in [0.4, 0.5) is 9.18 Å². The molecule has 1 saturated heterocycles. The number of aromatic nitrogens is 4. The number of likely N-dealkylation sites (tertiary alicyclic amines) is 1. The molecule has 0 aliphatic carbocycles. The molecular formula is C18H18FN5O2. The first-order chi connectivity index (χ1) is 12.6. The van der Waals surface area contributed by atoms with Gasteiger partial charge in [0, 0.05) is 26.6 Å². The van der Waals surface area contributed by atoms with Gasteiger partial charge in [0.1, 0.15) is 17.2 Å². The zero-order chi connectivity index (χ0) is 18.3. The number of aryl methyl sites for hydroxylation is 3. The van der Waals surface area contributed by atoms with Gasteiger partial charge in [-0.25, -0.2) is 23.9 Å². The van der Waals surface area contributed by atoms with Crippen LogP contribution in [0.15, 0.2) is 35.3 Å². The van der Waals surface area contributed by atoms with Crippen LogP contribution >= 0.6 is 0 Å². The molecular weight excluding hydrogens is 337 g/mol. The van der Waals surface area contributed by atoms with Gasteiger partial charge in [-0.15, -0.1) is 0 Å². The van der Waals surface area contributed by atoms with Crippen molar-refractivity contribution < 1.29 is 9.18 Å². The zero-order valence-electron chi connectivity index (χ0n) is 14.4. The number of imidazole rings is 1. The van der Waals surface area contributed by atoms with Gasteiger partial charge in [0.05, 0.1) is 6.20 Å².